The van der Waals surface area contributed by atoms with Crippen molar-refractivity contribution < 1.29 is 4.79 Å². The first-order valence-electron chi connectivity index (χ1n) is 8.01. The van der Waals surface area contributed by atoms with E-state index in [0.717, 1.165) is 4.68 Å². The lowest BCUT2D eigenvalue weighted by molar-refractivity contribution is 0.101. The highest BCUT2D eigenvalue weighted by Gasteiger charge is 2.16. The van der Waals surface area contributed by atoms with Crippen LogP contribution in [0.4, 0.5) is 5.69 Å². The van der Waals surface area contributed by atoms with Gasteiger partial charge in [0.25, 0.3) is 5.91 Å². The van der Waals surface area contributed by atoms with Crippen LogP contribution in [-0.2, 0) is 5.41 Å². The molecule has 6 nitrogen and oxygen atoms in total. The van der Waals surface area contributed by atoms with E-state index in [-0.39, 0.29) is 11.2 Å². The fourth-order valence-electron chi connectivity index (χ4n) is 2.41. The molecule has 0 radical (unpaired) electrons. The van der Waals surface area contributed by atoms with E-state index in [1.54, 1.807) is 24.3 Å². The molecule has 0 aliphatic heterocycles. The normalized spacial score (nSPS) is 11.3. The van der Waals surface area contributed by atoms with E-state index in [1.165, 1.54) is 5.56 Å². The summed E-state index contributed by atoms with van der Waals surface area (Å²) in [5, 5.41) is 6.81. The van der Waals surface area contributed by atoms with Gasteiger partial charge < -0.3 is 5.32 Å². The zero-order chi connectivity index (χ0) is 18.0. The predicted octanol–water partition coefficient (Wildman–Crippen LogP) is 3.11. The third kappa shape index (κ3) is 3.68. The number of rotatable bonds is 3. The van der Waals surface area contributed by atoms with Crippen LogP contribution < -0.4 is 11.0 Å². The number of carbonyl (C=O) groups excluding carboxylic acids is 1. The summed E-state index contributed by atoms with van der Waals surface area (Å²) in [6.45, 7) is 6.38. The Kier molecular flexibility index (Phi) is 4.27. The highest BCUT2D eigenvalue weighted by molar-refractivity contribution is 6.01. The molecule has 3 rings (SSSR count). The highest BCUT2D eigenvalue weighted by Crippen LogP contribution is 2.23. The second-order valence-corrected chi connectivity index (χ2v) is 6.81. The Bertz CT molecular complexity index is 932. The van der Waals surface area contributed by atoms with Gasteiger partial charge in [-0.05, 0) is 35.2 Å². The molecule has 6 heteroatoms. The summed E-state index contributed by atoms with van der Waals surface area (Å²) in [4.78, 5) is 26.8. The van der Waals surface area contributed by atoms with E-state index in [4.69, 9.17) is 0 Å². The molecule has 0 spiro atoms. The number of aromatic amines is 1. The number of carbonyl (C=O) groups is 1. The first kappa shape index (κ1) is 16.7. The first-order chi connectivity index (χ1) is 11.8. The van der Waals surface area contributed by atoms with Crippen molar-refractivity contribution >= 4 is 11.6 Å². The fourth-order valence-corrected chi connectivity index (χ4v) is 2.41. The lowest BCUT2D eigenvalue weighted by atomic mass is 9.87. The van der Waals surface area contributed by atoms with Gasteiger partial charge in [0, 0.05) is 5.69 Å². The van der Waals surface area contributed by atoms with Gasteiger partial charge in [0.15, 0.2) is 0 Å². The summed E-state index contributed by atoms with van der Waals surface area (Å²) in [7, 11) is 0. The number of nitrogens with one attached hydrogen (secondary N) is 2. The first-order valence-corrected chi connectivity index (χ1v) is 8.01. The fraction of sp³-hybridized carbons (Fsp3) is 0.211. The van der Waals surface area contributed by atoms with Crippen molar-refractivity contribution in [3.63, 3.8) is 0 Å². The Morgan fingerprint density at radius 1 is 1.04 bits per heavy atom. The Balaban J connectivity index is 1.79. The standard InChI is InChI=1S/C19H20N4O2/c1-19(2,3)13-9-11-14(12-10-13)20-17(24)16-21-18(25)23(22-16)15-7-5-4-6-8-15/h4-12H,1-3H3,(H,20,24)(H,21,22,25). The lowest BCUT2D eigenvalue weighted by Gasteiger charge is -2.19. The number of anilines is 1. The molecule has 3 aromatic rings. The zero-order valence-corrected chi connectivity index (χ0v) is 14.4. The van der Waals surface area contributed by atoms with Gasteiger partial charge in [-0.2, -0.15) is 4.68 Å². The molecule has 0 unspecified atom stereocenters. The number of amides is 1. The van der Waals surface area contributed by atoms with Crippen molar-refractivity contribution in [2.75, 3.05) is 5.32 Å². The molecule has 1 heterocycles. The molecule has 0 aliphatic rings. The molecule has 1 aromatic heterocycles. The number of aromatic nitrogens is 3. The number of hydrogen-bond acceptors (Lipinski definition) is 3. The van der Waals surface area contributed by atoms with Gasteiger partial charge in [0.1, 0.15) is 0 Å². The second kappa shape index (κ2) is 6.39. The van der Waals surface area contributed by atoms with Crippen molar-refractivity contribution in [2.45, 2.75) is 26.2 Å². The molecular formula is C19H20N4O2. The van der Waals surface area contributed by atoms with E-state index in [1.807, 2.05) is 30.3 Å². The highest BCUT2D eigenvalue weighted by atomic mass is 16.2. The summed E-state index contributed by atoms with van der Waals surface area (Å²) in [6.07, 6.45) is 0. The predicted molar refractivity (Wildman–Crippen MR) is 97.3 cm³/mol. The van der Waals surface area contributed by atoms with E-state index < -0.39 is 11.6 Å². The second-order valence-electron chi connectivity index (χ2n) is 6.81. The number of benzene rings is 2. The van der Waals surface area contributed by atoms with Crippen LogP contribution in [0.5, 0.6) is 0 Å². The quantitative estimate of drug-likeness (QED) is 0.771. The maximum atomic E-state index is 12.3. The van der Waals surface area contributed by atoms with Gasteiger partial charge in [-0.25, -0.2) is 4.79 Å². The minimum Gasteiger partial charge on any atom is -0.319 e. The molecule has 0 fully saturated rings. The van der Waals surface area contributed by atoms with Gasteiger partial charge in [0.2, 0.25) is 5.82 Å². The van der Waals surface area contributed by atoms with Crippen LogP contribution >= 0.6 is 0 Å². The molecule has 25 heavy (non-hydrogen) atoms. The monoisotopic (exact) mass is 336 g/mol. The van der Waals surface area contributed by atoms with Crippen LogP contribution in [0.25, 0.3) is 5.69 Å². The van der Waals surface area contributed by atoms with E-state index in [2.05, 4.69) is 36.2 Å². The van der Waals surface area contributed by atoms with Crippen molar-refractivity contribution in [2.24, 2.45) is 0 Å². The third-order valence-corrected chi connectivity index (χ3v) is 3.84. The van der Waals surface area contributed by atoms with Crippen molar-refractivity contribution in [1.29, 1.82) is 0 Å². The molecule has 2 aromatic carbocycles. The van der Waals surface area contributed by atoms with Crippen molar-refractivity contribution in [3.05, 3.63) is 76.5 Å². The largest absolute Gasteiger partial charge is 0.348 e. The molecule has 0 aliphatic carbocycles. The van der Waals surface area contributed by atoms with Gasteiger partial charge in [-0.3, -0.25) is 9.78 Å². The molecule has 128 valence electrons. The molecule has 0 atom stereocenters. The van der Waals surface area contributed by atoms with Gasteiger partial charge in [-0.1, -0.05) is 51.1 Å². The molecular weight excluding hydrogens is 316 g/mol. The molecule has 0 saturated carbocycles. The zero-order valence-electron chi connectivity index (χ0n) is 14.4. The third-order valence-electron chi connectivity index (χ3n) is 3.84. The summed E-state index contributed by atoms with van der Waals surface area (Å²) in [6, 6.07) is 16.6. The van der Waals surface area contributed by atoms with Crippen LogP contribution in [-0.4, -0.2) is 20.7 Å². The van der Waals surface area contributed by atoms with Gasteiger partial charge in [-0.15, -0.1) is 5.10 Å². The summed E-state index contributed by atoms with van der Waals surface area (Å²) in [5.41, 5.74) is 2.00. The smallest absolute Gasteiger partial charge is 0.319 e. The maximum absolute atomic E-state index is 12.3. The van der Waals surface area contributed by atoms with E-state index in [9.17, 15) is 9.59 Å². The SMILES string of the molecule is CC(C)(C)c1ccc(NC(=O)c2nn(-c3ccccc3)c(=O)[nH]2)cc1. The maximum Gasteiger partial charge on any atom is 0.348 e. The van der Waals surface area contributed by atoms with Crippen LogP contribution in [0.1, 0.15) is 37.0 Å². The Morgan fingerprint density at radius 3 is 2.28 bits per heavy atom. The molecule has 2 N–H and O–H groups in total. The molecule has 0 saturated heterocycles. The summed E-state index contributed by atoms with van der Waals surface area (Å²) < 4.78 is 1.16. The number of para-hydroxylation sites is 1. The number of nitrogens with zero attached hydrogens (tertiary/aromatic N) is 2. The van der Waals surface area contributed by atoms with Crippen LogP contribution in [0, 0.1) is 0 Å². The van der Waals surface area contributed by atoms with E-state index >= 15 is 0 Å². The van der Waals surface area contributed by atoms with Crippen LogP contribution in [0.3, 0.4) is 0 Å². The average Bonchev–Trinajstić information content (AvgIpc) is 2.97. The Hall–Kier alpha value is -3.15. The van der Waals surface area contributed by atoms with Crippen LogP contribution in [0.15, 0.2) is 59.4 Å². The average molecular weight is 336 g/mol. The van der Waals surface area contributed by atoms with Gasteiger partial charge >= 0.3 is 5.69 Å². The van der Waals surface area contributed by atoms with Crippen LogP contribution in [0.2, 0.25) is 0 Å². The summed E-state index contributed by atoms with van der Waals surface area (Å²) >= 11 is 0. The van der Waals surface area contributed by atoms with E-state index in [0.29, 0.717) is 11.4 Å². The summed E-state index contributed by atoms with van der Waals surface area (Å²) in [5.74, 6) is -0.496. The molecule has 1 amide bonds. The number of hydrogen-bond donors (Lipinski definition) is 2. The Labute approximate surface area is 145 Å². The van der Waals surface area contributed by atoms with Gasteiger partial charge in [0.05, 0.1) is 5.69 Å². The minimum absolute atomic E-state index is 0.0336. The number of H-pyrrole nitrogens is 1. The molecule has 0 bridgehead atoms. The lowest BCUT2D eigenvalue weighted by Crippen LogP contribution is -2.16. The Morgan fingerprint density at radius 2 is 1.68 bits per heavy atom. The van der Waals surface area contributed by atoms with Crippen molar-refractivity contribution in [3.8, 4) is 5.69 Å². The van der Waals surface area contributed by atoms with Crippen molar-refractivity contribution in [1.82, 2.24) is 14.8 Å². The minimum atomic E-state index is -0.463. The topological polar surface area (TPSA) is 79.8 Å².